The van der Waals surface area contributed by atoms with Crippen molar-refractivity contribution in [3.05, 3.63) is 164 Å². The van der Waals surface area contributed by atoms with Crippen molar-refractivity contribution in [3.8, 4) is 17.1 Å². The topological polar surface area (TPSA) is 116 Å². The zero-order chi connectivity index (χ0) is 33.2. The molecular formula is C38H23BrN6O4. The minimum atomic E-state index is -0.487. The summed E-state index contributed by atoms with van der Waals surface area (Å²) in [6.45, 7) is 0. The lowest BCUT2D eigenvalue weighted by Crippen LogP contribution is -2.22. The number of aromatic nitrogens is 4. The Kier molecular flexibility index (Phi) is 6.49. The number of hydrogen-bond acceptors (Lipinski definition) is 5. The Labute approximate surface area is 284 Å². The van der Waals surface area contributed by atoms with Gasteiger partial charge in [-0.2, -0.15) is 0 Å². The number of aromatic amines is 1. The molecule has 236 valence electrons. The van der Waals surface area contributed by atoms with Crippen LogP contribution in [0.3, 0.4) is 0 Å². The number of furan rings is 1. The lowest BCUT2D eigenvalue weighted by molar-refractivity contribution is -0.384. The van der Waals surface area contributed by atoms with E-state index in [0.717, 1.165) is 33.1 Å². The SMILES string of the molecule is O=c1n(-c2ccc3oc4ccccc4c3c2)c2ccccc2n1-c1cc(N=c2[nH]c3ccccc3n2-c2ccccc2)c(Br)cc1[N+](=O)[O-]. The second-order valence-corrected chi connectivity index (χ2v) is 12.4. The normalized spacial score (nSPS) is 12.1. The molecule has 3 heterocycles. The van der Waals surface area contributed by atoms with Crippen LogP contribution in [-0.2, 0) is 0 Å². The molecule has 0 atom stereocenters. The van der Waals surface area contributed by atoms with Crippen molar-refractivity contribution >= 4 is 71.3 Å². The second kappa shape index (κ2) is 11.1. The first-order valence-corrected chi connectivity index (χ1v) is 16.2. The van der Waals surface area contributed by atoms with Gasteiger partial charge in [-0.3, -0.25) is 23.8 Å². The molecule has 3 aromatic heterocycles. The fraction of sp³-hybridized carbons (Fsp3) is 0. The molecule has 0 unspecified atom stereocenters. The van der Waals surface area contributed by atoms with Crippen LogP contribution in [0.1, 0.15) is 0 Å². The number of halogens is 1. The molecule has 1 N–H and O–H groups in total. The number of H-pyrrole nitrogens is 1. The van der Waals surface area contributed by atoms with Gasteiger partial charge in [0.05, 0.1) is 42.8 Å². The van der Waals surface area contributed by atoms with E-state index in [1.165, 1.54) is 10.6 Å². The summed E-state index contributed by atoms with van der Waals surface area (Å²) >= 11 is 3.53. The summed E-state index contributed by atoms with van der Waals surface area (Å²) in [6.07, 6.45) is 0. The molecule has 10 nitrogen and oxygen atoms in total. The zero-order valence-electron chi connectivity index (χ0n) is 25.4. The van der Waals surface area contributed by atoms with E-state index in [9.17, 15) is 14.9 Å². The van der Waals surface area contributed by atoms with Gasteiger partial charge in [-0.15, -0.1) is 0 Å². The first-order chi connectivity index (χ1) is 24.0. The number of nitro groups is 1. The van der Waals surface area contributed by atoms with Crippen molar-refractivity contribution < 1.29 is 9.34 Å². The fourth-order valence-corrected chi connectivity index (χ4v) is 6.95. The lowest BCUT2D eigenvalue weighted by atomic mass is 10.1. The highest BCUT2D eigenvalue weighted by Gasteiger charge is 2.25. The number of benzene rings is 6. The molecule has 6 aromatic carbocycles. The van der Waals surface area contributed by atoms with Crippen molar-refractivity contribution in [1.29, 1.82) is 0 Å². The Bertz CT molecular complexity index is 2910. The van der Waals surface area contributed by atoms with Crippen LogP contribution in [0, 0.1) is 10.1 Å². The summed E-state index contributed by atoms with van der Waals surface area (Å²) in [6, 6.07) is 41.2. The molecule has 49 heavy (non-hydrogen) atoms. The molecule has 0 aliphatic heterocycles. The van der Waals surface area contributed by atoms with Crippen LogP contribution in [0.2, 0.25) is 0 Å². The Hall–Kier alpha value is -6.46. The van der Waals surface area contributed by atoms with Crippen molar-refractivity contribution in [3.63, 3.8) is 0 Å². The van der Waals surface area contributed by atoms with E-state index in [2.05, 4.69) is 20.9 Å². The van der Waals surface area contributed by atoms with Gasteiger partial charge in [-0.1, -0.05) is 60.7 Å². The molecule has 0 fully saturated rings. The molecule has 0 spiro atoms. The van der Waals surface area contributed by atoms with E-state index < -0.39 is 10.6 Å². The van der Waals surface area contributed by atoms with Gasteiger partial charge in [0.1, 0.15) is 16.9 Å². The molecular weight excluding hydrogens is 684 g/mol. The van der Waals surface area contributed by atoms with Crippen LogP contribution < -0.4 is 11.3 Å². The molecule has 0 amide bonds. The molecule has 9 aromatic rings. The number of nitrogens with zero attached hydrogens (tertiary/aromatic N) is 5. The molecule has 9 rings (SSSR count). The van der Waals surface area contributed by atoms with Gasteiger partial charge in [-0.05, 0) is 82.7 Å². The van der Waals surface area contributed by atoms with Gasteiger partial charge in [-0.25, -0.2) is 9.79 Å². The van der Waals surface area contributed by atoms with Crippen molar-refractivity contribution in [2.24, 2.45) is 4.99 Å². The number of para-hydroxylation sites is 6. The van der Waals surface area contributed by atoms with Crippen LogP contribution in [0.25, 0.3) is 61.1 Å². The van der Waals surface area contributed by atoms with Crippen LogP contribution in [0.4, 0.5) is 11.4 Å². The first-order valence-electron chi connectivity index (χ1n) is 15.4. The standard InChI is InChI=1S/C38H23BrN6O4/c39-27-21-34(45(47)48)33(22-29(27)41-37-40-28-13-5-6-14-30(28)42(37)23-10-2-1-3-11-23)44-32-16-8-7-15-31(32)43(38(44)46)24-18-19-36-26(20-24)25-12-4-9-17-35(25)49-36/h1-22H,(H,40,41). The van der Waals surface area contributed by atoms with E-state index in [0.29, 0.717) is 38.1 Å². The van der Waals surface area contributed by atoms with Gasteiger partial charge in [0.15, 0.2) is 0 Å². The summed E-state index contributed by atoms with van der Waals surface area (Å²) in [5.74, 6) is 0. The van der Waals surface area contributed by atoms with Crippen molar-refractivity contribution in [1.82, 2.24) is 18.7 Å². The lowest BCUT2D eigenvalue weighted by Gasteiger charge is -2.08. The minimum Gasteiger partial charge on any atom is -0.456 e. The highest BCUT2D eigenvalue weighted by Crippen LogP contribution is 2.37. The number of hydrogen-bond donors (Lipinski definition) is 1. The Morgan fingerprint density at radius 2 is 1.35 bits per heavy atom. The van der Waals surface area contributed by atoms with E-state index in [1.807, 2.05) is 114 Å². The average Bonchev–Trinajstić information content (AvgIpc) is 3.77. The molecule has 0 aliphatic carbocycles. The van der Waals surface area contributed by atoms with Crippen LogP contribution >= 0.6 is 15.9 Å². The number of nitro benzene ring substituents is 1. The quantitative estimate of drug-likeness (QED) is 0.142. The van der Waals surface area contributed by atoms with Gasteiger partial charge in [0.25, 0.3) is 5.69 Å². The largest absolute Gasteiger partial charge is 0.456 e. The molecule has 0 radical (unpaired) electrons. The molecule has 11 heteroatoms. The fourth-order valence-electron chi connectivity index (χ4n) is 6.53. The van der Waals surface area contributed by atoms with E-state index in [1.54, 1.807) is 22.8 Å². The van der Waals surface area contributed by atoms with Crippen LogP contribution in [0.15, 0.2) is 152 Å². The third kappa shape index (κ3) is 4.54. The second-order valence-electron chi connectivity index (χ2n) is 11.5. The van der Waals surface area contributed by atoms with Gasteiger partial charge in [0, 0.05) is 22.5 Å². The summed E-state index contributed by atoms with van der Waals surface area (Å²) < 4.78 is 11.4. The Morgan fingerprint density at radius 3 is 2.14 bits per heavy atom. The van der Waals surface area contributed by atoms with Crippen LogP contribution in [-0.4, -0.2) is 23.6 Å². The molecule has 0 saturated heterocycles. The van der Waals surface area contributed by atoms with E-state index in [4.69, 9.17) is 9.41 Å². The highest BCUT2D eigenvalue weighted by atomic mass is 79.9. The summed E-state index contributed by atoms with van der Waals surface area (Å²) in [4.78, 5) is 35.0. The summed E-state index contributed by atoms with van der Waals surface area (Å²) in [5.41, 5.74) is 6.07. The molecule has 0 bridgehead atoms. The van der Waals surface area contributed by atoms with Gasteiger partial charge in [0.2, 0.25) is 5.62 Å². The predicted octanol–water partition coefficient (Wildman–Crippen LogP) is 8.86. The maximum absolute atomic E-state index is 14.5. The summed E-state index contributed by atoms with van der Waals surface area (Å²) in [5, 5.41) is 14.3. The number of imidazole rings is 2. The summed E-state index contributed by atoms with van der Waals surface area (Å²) in [7, 11) is 0. The highest BCUT2D eigenvalue weighted by molar-refractivity contribution is 9.10. The minimum absolute atomic E-state index is 0.0871. The smallest absolute Gasteiger partial charge is 0.338 e. The molecule has 0 aliphatic rings. The number of rotatable bonds is 5. The Balaban J connectivity index is 1.30. The van der Waals surface area contributed by atoms with E-state index in [-0.39, 0.29) is 11.4 Å². The van der Waals surface area contributed by atoms with Gasteiger partial charge < -0.3 is 9.40 Å². The van der Waals surface area contributed by atoms with Crippen LogP contribution in [0.5, 0.6) is 0 Å². The Morgan fingerprint density at radius 1 is 0.673 bits per heavy atom. The molecule has 0 saturated carbocycles. The average molecular weight is 708 g/mol. The third-order valence-corrected chi connectivity index (χ3v) is 9.33. The maximum Gasteiger partial charge on any atom is 0.338 e. The predicted molar refractivity (Wildman–Crippen MR) is 193 cm³/mol. The monoisotopic (exact) mass is 706 g/mol. The van der Waals surface area contributed by atoms with E-state index >= 15 is 0 Å². The number of nitrogens with one attached hydrogen (secondary N) is 1. The third-order valence-electron chi connectivity index (χ3n) is 8.69. The van der Waals surface area contributed by atoms with Crippen molar-refractivity contribution in [2.45, 2.75) is 0 Å². The van der Waals surface area contributed by atoms with Crippen molar-refractivity contribution in [2.75, 3.05) is 0 Å². The first kappa shape index (κ1) is 28.7. The zero-order valence-corrected chi connectivity index (χ0v) is 27.0. The maximum atomic E-state index is 14.5. The van der Waals surface area contributed by atoms with Gasteiger partial charge >= 0.3 is 5.69 Å². The number of fused-ring (bicyclic) bond motifs is 5.